The van der Waals surface area contributed by atoms with E-state index in [2.05, 4.69) is 9.59 Å². The van der Waals surface area contributed by atoms with E-state index in [0.717, 1.165) is 23.6 Å². The van der Waals surface area contributed by atoms with Crippen molar-refractivity contribution in [3.8, 4) is 0 Å². The van der Waals surface area contributed by atoms with Crippen LogP contribution in [0.3, 0.4) is 0 Å². The number of aromatic nitrogens is 2. The summed E-state index contributed by atoms with van der Waals surface area (Å²) < 4.78 is 3.67. The van der Waals surface area contributed by atoms with Gasteiger partial charge in [-0.2, -0.15) is 0 Å². The first kappa shape index (κ1) is 8.62. The minimum atomic E-state index is -0.0847. The van der Waals surface area contributed by atoms with Crippen LogP contribution in [0.2, 0.25) is 0 Å². The van der Waals surface area contributed by atoms with Gasteiger partial charge in [0, 0.05) is 0 Å². The topological polar surface area (TPSA) is 42.9 Å². The molecule has 0 N–H and O–H groups in total. The summed E-state index contributed by atoms with van der Waals surface area (Å²) in [6, 6.07) is 0. The molecule has 1 heterocycles. The number of hydrogen-bond donors (Lipinski definition) is 0. The molecule has 1 aromatic heterocycles. The van der Waals surface area contributed by atoms with Crippen LogP contribution in [-0.4, -0.2) is 21.3 Å². The quantitative estimate of drug-likeness (QED) is 0.536. The van der Waals surface area contributed by atoms with Crippen LogP contribution in [-0.2, 0) is 6.42 Å². The summed E-state index contributed by atoms with van der Waals surface area (Å²) in [5.41, 5.74) is 0.751. The van der Waals surface area contributed by atoms with Crippen molar-refractivity contribution in [3.63, 3.8) is 0 Å². The molecule has 0 aliphatic heterocycles. The minimum Gasteiger partial charge on any atom is -0.292 e. The number of rotatable bonds is 3. The lowest BCUT2D eigenvalue weighted by molar-refractivity contribution is 0.102. The maximum absolute atomic E-state index is 11.1. The molecule has 0 atom stereocenters. The lowest BCUT2D eigenvalue weighted by atomic mass is 10.2. The smallest absolute Gasteiger partial charge is 0.191 e. The predicted molar refractivity (Wildman–Crippen MR) is 44.3 cm³/mol. The van der Waals surface area contributed by atoms with Gasteiger partial charge in [0.15, 0.2) is 5.78 Å². The molecule has 0 aromatic carbocycles. The van der Waals surface area contributed by atoms with Gasteiger partial charge in [-0.1, -0.05) is 11.4 Å². The fraction of sp³-hybridized carbons (Fsp3) is 0.500. The number of nitrogens with zero attached hydrogens (tertiary/aromatic N) is 2. The van der Waals surface area contributed by atoms with Crippen LogP contribution in [0, 0.1) is 0 Å². The predicted octanol–water partition coefficient (Wildman–Crippen LogP) is 1.52. The zero-order chi connectivity index (χ0) is 8.27. The second-order valence-electron chi connectivity index (χ2n) is 1.96. The van der Waals surface area contributed by atoms with E-state index in [1.165, 1.54) is 0 Å². The van der Waals surface area contributed by atoms with Gasteiger partial charge in [-0.25, -0.2) is 0 Å². The molecule has 5 heteroatoms. The highest BCUT2D eigenvalue weighted by atomic mass is 35.5. The molecule has 0 spiro atoms. The maximum Gasteiger partial charge on any atom is 0.191 e. The Hall–Kier alpha value is -0.480. The molecular formula is C6H7ClN2OS. The summed E-state index contributed by atoms with van der Waals surface area (Å²) in [5, 5.41) is 3.79. The molecule has 0 radical (unpaired) electrons. The minimum absolute atomic E-state index is 0.0108. The van der Waals surface area contributed by atoms with Crippen LogP contribution in [0.4, 0.5) is 0 Å². The molecule has 0 bridgehead atoms. The Morgan fingerprint density at radius 2 is 2.45 bits per heavy atom. The summed E-state index contributed by atoms with van der Waals surface area (Å²) in [6.07, 6.45) is 0.731. The highest BCUT2D eigenvalue weighted by Gasteiger charge is 2.12. The van der Waals surface area contributed by atoms with Crippen LogP contribution >= 0.6 is 23.1 Å². The number of carbonyl (C=O) groups excluding carboxylic acids is 1. The summed E-state index contributed by atoms with van der Waals surface area (Å²) in [5.74, 6) is -0.0739. The van der Waals surface area contributed by atoms with Gasteiger partial charge >= 0.3 is 0 Å². The fourth-order valence-corrected chi connectivity index (χ4v) is 1.61. The maximum atomic E-state index is 11.1. The van der Waals surface area contributed by atoms with Gasteiger partial charge in [0.05, 0.1) is 11.6 Å². The Labute approximate surface area is 73.5 Å². The first-order valence-electron chi connectivity index (χ1n) is 3.20. The zero-order valence-corrected chi connectivity index (χ0v) is 7.58. The molecule has 0 amide bonds. The molecule has 0 aliphatic carbocycles. The third-order valence-corrected chi connectivity index (χ3v) is 2.32. The molecular weight excluding hydrogens is 184 g/mol. The van der Waals surface area contributed by atoms with E-state index < -0.39 is 0 Å². The average molecular weight is 191 g/mol. The molecule has 60 valence electrons. The molecule has 11 heavy (non-hydrogen) atoms. The van der Waals surface area contributed by atoms with Crippen molar-refractivity contribution in [2.24, 2.45) is 0 Å². The summed E-state index contributed by atoms with van der Waals surface area (Å²) >= 11 is 6.49. The van der Waals surface area contributed by atoms with Crippen LogP contribution in [0.15, 0.2) is 0 Å². The third kappa shape index (κ3) is 1.75. The lowest BCUT2D eigenvalue weighted by Gasteiger charge is -1.91. The number of aryl methyl sites for hydroxylation is 1. The van der Waals surface area contributed by atoms with Crippen LogP contribution in [0.1, 0.15) is 22.3 Å². The Bertz CT molecular complexity index is 261. The third-order valence-electron chi connectivity index (χ3n) is 1.27. The van der Waals surface area contributed by atoms with E-state index in [1.807, 2.05) is 6.92 Å². The largest absolute Gasteiger partial charge is 0.292 e. The van der Waals surface area contributed by atoms with E-state index in [4.69, 9.17) is 11.6 Å². The number of halogens is 1. The van der Waals surface area contributed by atoms with E-state index in [-0.39, 0.29) is 11.7 Å². The Morgan fingerprint density at radius 1 is 1.73 bits per heavy atom. The van der Waals surface area contributed by atoms with E-state index in [1.54, 1.807) is 0 Å². The summed E-state index contributed by atoms with van der Waals surface area (Å²) in [6.45, 7) is 1.93. The molecule has 1 aromatic rings. The average Bonchev–Trinajstić information content (AvgIpc) is 2.50. The van der Waals surface area contributed by atoms with Gasteiger partial charge in [0.1, 0.15) is 4.88 Å². The van der Waals surface area contributed by atoms with Crippen molar-refractivity contribution in [1.82, 2.24) is 9.59 Å². The lowest BCUT2D eigenvalue weighted by Crippen LogP contribution is -2.00. The molecule has 0 fully saturated rings. The summed E-state index contributed by atoms with van der Waals surface area (Å²) in [4.78, 5) is 11.7. The van der Waals surface area contributed by atoms with Crippen molar-refractivity contribution >= 4 is 28.9 Å². The Balaban J connectivity index is 2.92. The van der Waals surface area contributed by atoms with Crippen LogP contribution in [0.25, 0.3) is 0 Å². The molecule has 3 nitrogen and oxygen atoms in total. The second-order valence-corrected chi connectivity index (χ2v) is 2.98. The monoisotopic (exact) mass is 190 g/mol. The first-order valence-corrected chi connectivity index (χ1v) is 4.50. The second kappa shape index (κ2) is 3.78. The van der Waals surface area contributed by atoms with Crippen molar-refractivity contribution in [1.29, 1.82) is 0 Å². The van der Waals surface area contributed by atoms with Crippen molar-refractivity contribution < 1.29 is 4.79 Å². The first-order chi connectivity index (χ1) is 5.29. The molecule has 0 unspecified atom stereocenters. The molecule has 0 saturated heterocycles. The van der Waals surface area contributed by atoms with Crippen molar-refractivity contribution in [3.05, 3.63) is 10.6 Å². The van der Waals surface area contributed by atoms with Crippen molar-refractivity contribution in [2.75, 3.05) is 5.88 Å². The summed E-state index contributed by atoms with van der Waals surface area (Å²) in [7, 11) is 0. The number of hydrogen-bond acceptors (Lipinski definition) is 4. The highest BCUT2D eigenvalue weighted by molar-refractivity contribution is 7.08. The van der Waals surface area contributed by atoms with E-state index in [0.29, 0.717) is 4.88 Å². The highest BCUT2D eigenvalue weighted by Crippen LogP contribution is 2.12. The number of ketones is 1. The van der Waals surface area contributed by atoms with E-state index >= 15 is 0 Å². The molecule has 0 aliphatic rings. The van der Waals surface area contributed by atoms with Gasteiger partial charge in [-0.05, 0) is 18.0 Å². The standard InChI is InChI=1S/C6H7ClN2OS/c1-2-4-6(5(10)3-7)11-9-8-4/h2-3H2,1H3. The van der Waals surface area contributed by atoms with Gasteiger partial charge < -0.3 is 0 Å². The number of alkyl halides is 1. The van der Waals surface area contributed by atoms with Crippen LogP contribution in [0.5, 0.6) is 0 Å². The van der Waals surface area contributed by atoms with Crippen molar-refractivity contribution in [2.45, 2.75) is 13.3 Å². The van der Waals surface area contributed by atoms with Gasteiger partial charge in [-0.15, -0.1) is 16.7 Å². The number of Topliss-reactive ketones (excluding diaryl/α,β-unsaturated/α-hetero) is 1. The van der Waals surface area contributed by atoms with Gasteiger partial charge in [0.25, 0.3) is 0 Å². The fourth-order valence-electron chi connectivity index (χ4n) is 0.712. The zero-order valence-electron chi connectivity index (χ0n) is 6.00. The molecule has 1 rings (SSSR count). The Kier molecular flexibility index (Phi) is 2.96. The molecule has 0 saturated carbocycles. The van der Waals surface area contributed by atoms with Gasteiger partial charge in [-0.3, -0.25) is 4.79 Å². The SMILES string of the molecule is CCc1nnsc1C(=O)CCl. The van der Waals surface area contributed by atoms with Gasteiger partial charge in [0.2, 0.25) is 0 Å². The Morgan fingerprint density at radius 3 is 3.00 bits per heavy atom. The van der Waals surface area contributed by atoms with Crippen LogP contribution < -0.4 is 0 Å². The van der Waals surface area contributed by atoms with E-state index in [9.17, 15) is 4.79 Å². The normalized spacial score (nSPS) is 10.0. The number of carbonyl (C=O) groups is 1.